The third-order valence-electron chi connectivity index (χ3n) is 7.54. The van der Waals surface area contributed by atoms with Gasteiger partial charge in [0.1, 0.15) is 5.58 Å². The number of rotatable bonds is 1. The van der Waals surface area contributed by atoms with Gasteiger partial charge in [-0.3, -0.25) is 0 Å². The van der Waals surface area contributed by atoms with Crippen LogP contribution in [-0.2, 0) is 0 Å². The van der Waals surface area contributed by atoms with Gasteiger partial charge in [-0.2, -0.15) is 0 Å². The van der Waals surface area contributed by atoms with Crippen LogP contribution in [0.4, 0.5) is 0 Å². The molecule has 7 aromatic rings. The van der Waals surface area contributed by atoms with Gasteiger partial charge in [-0.05, 0) is 79.9 Å². The molecule has 0 N–H and O–H groups in total. The molecule has 0 atom stereocenters. The summed E-state index contributed by atoms with van der Waals surface area (Å²) in [5.74, 6) is 0. The van der Waals surface area contributed by atoms with Crippen LogP contribution in [0.25, 0.3) is 77.7 Å². The Morgan fingerprint density at radius 1 is 0.432 bits per heavy atom. The summed E-state index contributed by atoms with van der Waals surface area (Å²) in [7, 11) is 0. The van der Waals surface area contributed by atoms with Crippen LogP contribution in [0.3, 0.4) is 0 Å². The molecule has 0 aliphatic heterocycles. The molecule has 1 aliphatic carbocycles. The van der Waals surface area contributed by atoms with Gasteiger partial charge >= 0.3 is 0 Å². The van der Waals surface area contributed by atoms with Gasteiger partial charge in [-0.25, -0.2) is 4.98 Å². The molecular formula is C35H21NO. The van der Waals surface area contributed by atoms with Gasteiger partial charge in [0.25, 0.3) is 0 Å². The van der Waals surface area contributed by atoms with Crippen molar-refractivity contribution in [3.05, 3.63) is 128 Å². The highest BCUT2D eigenvalue weighted by Gasteiger charge is 2.24. The predicted octanol–water partition coefficient (Wildman–Crippen LogP) is 9.63. The highest BCUT2D eigenvalue weighted by Crippen LogP contribution is 2.50. The Bertz CT molecular complexity index is 1990. The Morgan fingerprint density at radius 2 is 1.00 bits per heavy atom. The Hall–Kier alpha value is -4.95. The van der Waals surface area contributed by atoms with Crippen molar-refractivity contribution in [2.75, 3.05) is 0 Å². The number of hydrogen-bond acceptors (Lipinski definition) is 2. The van der Waals surface area contributed by atoms with E-state index in [1.54, 1.807) is 6.20 Å². The minimum Gasteiger partial charge on any atom is -0.438 e. The molecule has 2 heteroatoms. The largest absolute Gasteiger partial charge is 0.438 e. The van der Waals surface area contributed by atoms with Crippen molar-refractivity contribution in [3.8, 4) is 55.6 Å². The molecule has 0 fully saturated rings. The van der Waals surface area contributed by atoms with Gasteiger partial charge in [-0.1, -0.05) is 97.1 Å². The van der Waals surface area contributed by atoms with Crippen molar-refractivity contribution in [3.63, 3.8) is 0 Å². The first-order chi connectivity index (χ1) is 18.4. The first kappa shape index (κ1) is 20.3. The van der Waals surface area contributed by atoms with Crippen LogP contribution in [0, 0.1) is 0 Å². The van der Waals surface area contributed by atoms with Gasteiger partial charge in [0.2, 0.25) is 5.71 Å². The number of fused-ring (bicyclic) bond motifs is 11. The minimum absolute atomic E-state index is 0.675. The maximum absolute atomic E-state index is 6.02. The topological polar surface area (TPSA) is 26.0 Å². The van der Waals surface area contributed by atoms with Crippen molar-refractivity contribution in [1.29, 1.82) is 0 Å². The monoisotopic (exact) mass is 471 g/mol. The number of hydrogen-bond donors (Lipinski definition) is 0. The molecule has 172 valence electrons. The van der Waals surface area contributed by atoms with E-state index in [9.17, 15) is 0 Å². The van der Waals surface area contributed by atoms with Crippen LogP contribution in [0.15, 0.2) is 132 Å². The number of furan rings is 1. The Labute approximate surface area is 214 Å². The molecule has 37 heavy (non-hydrogen) atoms. The maximum atomic E-state index is 6.02. The van der Waals surface area contributed by atoms with Crippen LogP contribution in [0.1, 0.15) is 0 Å². The fourth-order valence-corrected chi connectivity index (χ4v) is 5.93. The third-order valence-corrected chi connectivity index (χ3v) is 7.54. The molecule has 0 saturated heterocycles. The standard InChI is InChI=1S/C35H21NO/c1-2-10-25-24(9-1)26-11-3-4-12-28(26)30-16-7-15-23(34(30)29-14-6-5-13-27(25)29)22-18-19-33-32(21-22)31-17-8-20-36-35(31)37-33/h1-21H. The fraction of sp³-hybridized carbons (Fsp3) is 0. The Morgan fingerprint density at radius 3 is 1.70 bits per heavy atom. The lowest BCUT2D eigenvalue weighted by molar-refractivity contribution is 0.654. The van der Waals surface area contributed by atoms with Crippen molar-refractivity contribution in [1.82, 2.24) is 4.98 Å². The summed E-state index contributed by atoms with van der Waals surface area (Å²) in [6, 6.07) is 43.6. The summed E-state index contributed by atoms with van der Waals surface area (Å²) in [5.41, 5.74) is 13.9. The molecule has 0 spiro atoms. The summed E-state index contributed by atoms with van der Waals surface area (Å²) in [6.07, 6.45) is 1.78. The second kappa shape index (κ2) is 7.78. The average Bonchev–Trinajstić information content (AvgIpc) is 3.34. The van der Waals surface area contributed by atoms with Gasteiger partial charge in [0, 0.05) is 17.0 Å². The highest BCUT2D eigenvalue weighted by atomic mass is 16.3. The second-order valence-electron chi connectivity index (χ2n) is 9.53. The molecule has 5 aromatic carbocycles. The van der Waals surface area contributed by atoms with E-state index in [1.807, 2.05) is 6.07 Å². The lowest BCUT2D eigenvalue weighted by Crippen LogP contribution is -1.98. The van der Waals surface area contributed by atoms with E-state index < -0.39 is 0 Å². The first-order valence-corrected chi connectivity index (χ1v) is 12.6. The molecule has 1 aliphatic rings. The molecule has 0 radical (unpaired) electrons. The number of pyridine rings is 1. The second-order valence-corrected chi connectivity index (χ2v) is 9.53. The highest BCUT2D eigenvalue weighted by molar-refractivity contribution is 6.09. The van der Waals surface area contributed by atoms with Gasteiger partial charge in [0.15, 0.2) is 0 Å². The Kier molecular flexibility index (Phi) is 4.26. The van der Waals surface area contributed by atoms with Crippen LogP contribution in [0.5, 0.6) is 0 Å². The Balaban J connectivity index is 1.49. The van der Waals surface area contributed by atoms with Crippen molar-refractivity contribution in [2.24, 2.45) is 0 Å². The SMILES string of the molecule is c1ccc2c(c1)-c1ccccc1-c1cccc(-c3ccc4oc5ncccc5c4c3)c1-c1ccccc1-2. The van der Waals surface area contributed by atoms with Crippen molar-refractivity contribution < 1.29 is 4.42 Å². The van der Waals surface area contributed by atoms with Gasteiger partial charge < -0.3 is 4.42 Å². The van der Waals surface area contributed by atoms with Crippen LogP contribution >= 0.6 is 0 Å². The van der Waals surface area contributed by atoms with Gasteiger partial charge in [-0.15, -0.1) is 0 Å². The molecule has 2 heterocycles. The van der Waals surface area contributed by atoms with E-state index >= 15 is 0 Å². The smallest absolute Gasteiger partial charge is 0.227 e. The molecule has 0 unspecified atom stereocenters. The van der Waals surface area contributed by atoms with Crippen molar-refractivity contribution >= 4 is 22.1 Å². The first-order valence-electron chi connectivity index (χ1n) is 12.6. The van der Waals surface area contributed by atoms with Crippen LogP contribution in [0.2, 0.25) is 0 Å². The minimum atomic E-state index is 0.675. The number of nitrogens with zero attached hydrogens (tertiary/aromatic N) is 1. The predicted molar refractivity (Wildman–Crippen MR) is 152 cm³/mol. The third kappa shape index (κ3) is 2.96. The zero-order valence-corrected chi connectivity index (χ0v) is 20.0. The number of aromatic nitrogens is 1. The zero-order valence-electron chi connectivity index (χ0n) is 20.0. The fourth-order valence-electron chi connectivity index (χ4n) is 5.93. The summed E-state index contributed by atoms with van der Waals surface area (Å²) >= 11 is 0. The zero-order chi connectivity index (χ0) is 24.3. The normalized spacial score (nSPS) is 11.8. The van der Waals surface area contributed by atoms with E-state index in [1.165, 1.54) is 50.1 Å². The number of benzene rings is 5. The van der Waals surface area contributed by atoms with Gasteiger partial charge in [0.05, 0.1) is 0 Å². The van der Waals surface area contributed by atoms with Crippen LogP contribution < -0.4 is 0 Å². The summed E-state index contributed by atoms with van der Waals surface area (Å²) in [6.45, 7) is 0. The van der Waals surface area contributed by atoms with E-state index in [-0.39, 0.29) is 0 Å². The molecule has 0 saturated carbocycles. The summed E-state index contributed by atoms with van der Waals surface area (Å²) < 4.78 is 6.02. The van der Waals surface area contributed by atoms with E-state index in [4.69, 9.17) is 4.42 Å². The lowest BCUT2D eigenvalue weighted by atomic mass is 9.78. The maximum Gasteiger partial charge on any atom is 0.227 e. The quantitative estimate of drug-likeness (QED) is 0.238. The van der Waals surface area contributed by atoms with E-state index in [0.29, 0.717) is 5.71 Å². The molecule has 0 amide bonds. The molecule has 0 bridgehead atoms. The van der Waals surface area contributed by atoms with Crippen LogP contribution in [-0.4, -0.2) is 4.98 Å². The summed E-state index contributed by atoms with van der Waals surface area (Å²) in [5, 5.41) is 2.13. The summed E-state index contributed by atoms with van der Waals surface area (Å²) in [4.78, 5) is 4.42. The molecule has 8 rings (SSSR count). The molecular weight excluding hydrogens is 450 g/mol. The van der Waals surface area contributed by atoms with E-state index in [0.717, 1.165) is 21.9 Å². The molecule has 2 aromatic heterocycles. The lowest BCUT2D eigenvalue weighted by Gasteiger charge is -2.25. The average molecular weight is 472 g/mol. The van der Waals surface area contributed by atoms with Crippen molar-refractivity contribution in [2.45, 2.75) is 0 Å². The molecule has 2 nitrogen and oxygen atoms in total. The van der Waals surface area contributed by atoms with E-state index in [2.05, 4.69) is 120 Å².